The van der Waals surface area contributed by atoms with E-state index in [2.05, 4.69) is 17.3 Å². The Morgan fingerprint density at radius 2 is 2.39 bits per heavy atom. The molecule has 2 aromatic rings. The van der Waals surface area contributed by atoms with Gasteiger partial charge in [-0.2, -0.15) is 0 Å². The Balaban J connectivity index is 1.50. The minimum Gasteiger partial charge on any atom is -0.342 e. The Morgan fingerprint density at radius 3 is 3.13 bits per heavy atom. The molecular formula is C17H24N4OS. The number of hydrogen-bond donors (Lipinski definition) is 0. The van der Waals surface area contributed by atoms with Gasteiger partial charge in [-0.3, -0.25) is 4.79 Å². The van der Waals surface area contributed by atoms with Crippen molar-refractivity contribution in [1.29, 1.82) is 0 Å². The van der Waals surface area contributed by atoms with Gasteiger partial charge in [0.25, 0.3) is 0 Å². The number of carbonyl (C=O) groups excluding carboxylic acids is 1. The van der Waals surface area contributed by atoms with Crippen LogP contribution in [0.4, 0.5) is 0 Å². The number of rotatable bonds is 6. The van der Waals surface area contributed by atoms with Crippen LogP contribution in [0, 0.1) is 0 Å². The number of nitrogens with zero attached hydrogens (tertiary/aromatic N) is 4. The Hall–Kier alpha value is -1.69. The van der Waals surface area contributed by atoms with E-state index in [-0.39, 0.29) is 5.91 Å². The van der Waals surface area contributed by atoms with Crippen LogP contribution in [0.15, 0.2) is 24.1 Å². The molecule has 3 heterocycles. The normalized spacial score (nSPS) is 18.3. The molecule has 0 saturated carbocycles. The number of hydrogen-bond acceptors (Lipinski definition) is 4. The van der Waals surface area contributed by atoms with Crippen LogP contribution in [0.5, 0.6) is 0 Å². The summed E-state index contributed by atoms with van der Waals surface area (Å²) < 4.78 is 2.02. The van der Waals surface area contributed by atoms with Crippen molar-refractivity contribution >= 4 is 17.2 Å². The standard InChI is InChI=1S/C17H24N4OS/c1-2-15-12-23-17(19-15)14-5-3-9-21(11-14)16(22)6-4-8-20-10-7-18-13-20/h7,10,12-14H,2-6,8-9,11H2,1H3/t14-/m1/s1. The molecule has 1 saturated heterocycles. The van der Waals surface area contributed by atoms with Crippen LogP contribution in [0.1, 0.15) is 49.2 Å². The van der Waals surface area contributed by atoms with Gasteiger partial charge in [-0.15, -0.1) is 11.3 Å². The van der Waals surface area contributed by atoms with E-state index in [1.807, 2.05) is 15.7 Å². The third kappa shape index (κ3) is 4.19. The summed E-state index contributed by atoms with van der Waals surface area (Å²) in [7, 11) is 0. The lowest BCUT2D eigenvalue weighted by molar-refractivity contribution is -0.132. The topological polar surface area (TPSA) is 51.0 Å². The first-order valence-electron chi connectivity index (χ1n) is 8.44. The van der Waals surface area contributed by atoms with Gasteiger partial charge in [0.15, 0.2) is 0 Å². The SMILES string of the molecule is CCc1csc([C@@H]2CCCN(C(=O)CCCn3ccnc3)C2)n1. The molecule has 0 N–H and O–H groups in total. The molecule has 1 amide bonds. The maximum absolute atomic E-state index is 12.4. The fourth-order valence-corrected chi connectivity index (χ4v) is 4.10. The van der Waals surface area contributed by atoms with Crippen molar-refractivity contribution < 1.29 is 4.79 Å². The molecule has 2 aromatic heterocycles. The van der Waals surface area contributed by atoms with Crippen molar-refractivity contribution in [3.05, 3.63) is 34.8 Å². The summed E-state index contributed by atoms with van der Waals surface area (Å²) in [4.78, 5) is 23.2. The van der Waals surface area contributed by atoms with E-state index in [0.717, 1.165) is 45.3 Å². The van der Waals surface area contributed by atoms with E-state index in [9.17, 15) is 4.79 Å². The molecule has 124 valence electrons. The minimum absolute atomic E-state index is 0.280. The zero-order valence-corrected chi connectivity index (χ0v) is 14.5. The van der Waals surface area contributed by atoms with Crippen LogP contribution in [0.25, 0.3) is 0 Å². The summed E-state index contributed by atoms with van der Waals surface area (Å²) in [5.74, 6) is 0.703. The van der Waals surface area contributed by atoms with Crippen LogP contribution < -0.4 is 0 Å². The molecule has 0 bridgehead atoms. The summed E-state index contributed by atoms with van der Waals surface area (Å²) in [6, 6.07) is 0. The molecular weight excluding hydrogens is 308 g/mol. The van der Waals surface area contributed by atoms with Gasteiger partial charge < -0.3 is 9.47 Å². The molecule has 6 heteroatoms. The molecule has 0 aliphatic carbocycles. The maximum Gasteiger partial charge on any atom is 0.222 e. The molecule has 3 rings (SSSR count). The highest BCUT2D eigenvalue weighted by Crippen LogP contribution is 2.29. The first-order valence-corrected chi connectivity index (χ1v) is 9.32. The predicted molar refractivity (Wildman–Crippen MR) is 91.5 cm³/mol. The average Bonchev–Trinajstić information content (AvgIpc) is 3.26. The van der Waals surface area contributed by atoms with E-state index >= 15 is 0 Å². The van der Waals surface area contributed by atoms with Crippen LogP contribution >= 0.6 is 11.3 Å². The van der Waals surface area contributed by atoms with Gasteiger partial charge in [0.05, 0.1) is 17.0 Å². The zero-order valence-electron chi connectivity index (χ0n) is 13.6. The molecule has 1 aliphatic rings. The second kappa shape index (κ2) is 7.73. The van der Waals surface area contributed by atoms with Gasteiger partial charge >= 0.3 is 0 Å². The molecule has 1 aliphatic heterocycles. The second-order valence-corrected chi connectivity index (χ2v) is 7.00. The molecule has 1 fully saturated rings. The van der Waals surface area contributed by atoms with Crippen molar-refractivity contribution in [2.24, 2.45) is 0 Å². The molecule has 0 spiro atoms. The first kappa shape index (κ1) is 16.2. The number of aromatic nitrogens is 3. The summed E-state index contributed by atoms with van der Waals surface area (Å²) in [5.41, 5.74) is 1.17. The van der Waals surface area contributed by atoms with E-state index in [4.69, 9.17) is 4.98 Å². The van der Waals surface area contributed by atoms with Crippen molar-refractivity contribution in [1.82, 2.24) is 19.4 Å². The van der Waals surface area contributed by atoms with Crippen LogP contribution in [-0.4, -0.2) is 38.4 Å². The van der Waals surface area contributed by atoms with Gasteiger partial charge in [-0.1, -0.05) is 6.92 Å². The van der Waals surface area contributed by atoms with Gasteiger partial charge in [0.1, 0.15) is 0 Å². The van der Waals surface area contributed by atoms with E-state index in [0.29, 0.717) is 12.3 Å². The minimum atomic E-state index is 0.280. The lowest BCUT2D eigenvalue weighted by Gasteiger charge is -2.32. The van der Waals surface area contributed by atoms with Gasteiger partial charge in [0.2, 0.25) is 5.91 Å². The number of carbonyl (C=O) groups is 1. The number of likely N-dealkylation sites (tertiary alicyclic amines) is 1. The van der Waals surface area contributed by atoms with Gasteiger partial charge in [-0.05, 0) is 25.7 Å². The largest absolute Gasteiger partial charge is 0.342 e. The third-order valence-corrected chi connectivity index (χ3v) is 5.48. The Kier molecular flexibility index (Phi) is 5.43. The summed E-state index contributed by atoms with van der Waals surface area (Å²) in [6.07, 6.45) is 10.2. The highest BCUT2D eigenvalue weighted by Gasteiger charge is 2.26. The van der Waals surface area contributed by atoms with Crippen LogP contribution in [0.3, 0.4) is 0 Å². The number of piperidine rings is 1. The van der Waals surface area contributed by atoms with Crippen LogP contribution in [-0.2, 0) is 17.8 Å². The Labute approximate surface area is 141 Å². The number of amides is 1. The number of imidazole rings is 1. The summed E-state index contributed by atoms with van der Waals surface area (Å²) >= 11 is 1.75. The molecule has 0 radical (unpaired) electrons. The first-order chi connectivity index (χ1) is 11.3. The molecule has 0 unspecified atom stereocenters. The van der Waals surface area contributed by atoms with Crippen LogP contribution in [0.2, 0.25) is 0 Å². The van der Waals surface area contributed by atoms with E-state index in [1.54, 1.807) is 23.9 Å². The number of aryl methyl sites for hydroxylation is 2. The highest BCUT2D eigenvalue weighted by molar-refractivity contribution is 7.09. The van der Waals surface area contributed by atoms with E-state index < -0.39 is 0 Å². The van der Waals surface area contributed by atoms with Crippen molar-refractivity contribution in [3.8, 4) is 0 Å². The lowest BCUT2D eigenvalue weighted by atomic mass is 9.98. The molecule has 23 heavy (non-hydrogen) atoms. The monoisotopic (exact) mass is 332 g/mol. The fourth-order valence-electron chi connectivity index (χ4n) is 3.07. The van der Waals surface area contributed by atoms with Gasteiger partial charge in [-0.25, -0.2) is 9.97 Å². The van der Waals surface area contributed by atoms with Crippen molar-refractivity contribution in [2.75, 3.05) is 13.1 Å². The van der Waals surface area contributed by atoms with Crippen molar-refractivity contribution in [2.45, 2.75) is 51.5 Å². The predicted octanol–water partition coefficient (Wildman–Crippen LogP) is 3.09. The quantitative estimate of drug-likeness (QED) is 0.817. The lowest BCUT2D eigenvalue weighted by Crippen LogP contribution is -2.39. The zero-order chi connectivity index (χ0) is 16.1. The maximum atomic E-state index is 12.4. The fraction of sp³-hybridized carbons (Fsp3) is 0.588. The molecule has 1 atom stereocenters. The second-order valence-electron chi connectivity index (χ2n) is 6.11. The highest BCUT2D eigenvalue weighted by atomic mass is 32.1. The average molecular weight is 332 g/mol. The summed E-state index contributed by atoms with van der Waals surface area (Å²) in [6.45, 7) is 4.72. The van der Waals surface area contributed by atoms with E-state index in [1.165, 1.54) is 10.7 Å². The Morgan fingerprint density at radius 1 is 1.48 bits per heavy atom. The smallest absolute Gasteiger partial charge is 0.222 e. The van der Waals surface area contributed by atoms with Gasteiger partial charge in [0, 0.05) is 49.7 Å². The Bertz CT molecular complexity index is 622. The summed E-state index contributed by atoms with van der Waals surface area (Å²) in [5, 5.41) is 3.36. The molecule has 5 nitrogen and oxygen atoms in total. The number of thiazole rings is 1. The third-order valence-electron chi connectivity index (χ3n) is 4.42. The van der Waals surface area contributed by atoms with Crippen molar-refractivity contribution in [3.63, 3.8) is 0 Å². The molecule has 0 aromatic carbocycles.